The Morgan fingerprint density at radius 1 is 1.53 bits per heavy atom. The number of carbonyl (C=O) groups is 1. The first-order valence-corrected chi connectivity index (χ1v) is 6.00. The van der Waals surface area contributed by atoms with E-state index in [4.69, 9.17) is 4.74 Å². The summed E-state index contributed by atoms with van der Waals surface area (Å²) in [6.45, 7) is 0.498. The summed E-state index contributed by atoms with van der Waals surface area (Å²) in [7, 11) is 1.43. The fourth-order valence-electron chi connectivity index (χ4n) is 1.40. The molecule has 0 atom stereocenters. The van der Waals surface area contributed by atoms with E-state index in [2.05, 4.69) is 17.9 Å². The quantitative estimate of drug-likeness (QED) is 0.763. The van der Waals surface area contributed by atoms with Crippen LogP contribution in [-0.4, -0.2) is 25.3 Å². The Labute approximate surface area is 106 Å². The molecule has 0 aliphatic carbocycles. The highest BCUT2D eigenvalue weighted by Gasteiger charge is 2.04. The van der Waals surface area contributed by atoms with Crippen molar-refractivity contribution in [3.8, 4) is 5.75 Å². The minimum absolute atomic E-state index is 0.0333. The van der Waals surface area contributed by atoms with Gasteiger partial charge in [-0.3, -0.25) is 4.79 Å². The molecule has 0 heterocycles. The number of carbonyl (C=O) groups excluding carboxylic acids is 1. The lowest BCUT2D eigenvalue weighted by atomic mass is 10.1. The van der Waals surface area contributed by atoms with Crippen molar-refractivity contribution in [2.24, 2.45) is 0 Å². The highest BCUT2D eigenvalue weighted by molar-refractivity contribution is 7.80. The zero-order valence-electron chi connectivity index (χ0n) is 9.70. The van der Waals surface area contributed by atoms with Crippen LogP contribution in [0.5, 0.6) is 5.75 Å². The van der Waals surface area contributed by atoms with Gasteiger partial charge < -0.3 is 10.1 Å². The number of halogens is 1. The van der Waals surface area contributed by atoms with E-state index in [9.17, 15) is 9.18 Å². The Balaban J connectivity index is 2.42. The molecule has 5 heteroatoms. The van der Waals surface area contributed by atoms with E-state index >= 15 is 0 Å². The van der Waals surface area contributed by atoms with Crippen molar-refractivity contribution in [2.45, 2.75) is 12.8 Å². The van der Waals surface area contributed by atoms with Gasteiger partial charge in [-0.15, -0.1) is 0 Å². The number of hydrogen-bond donors (Lipinski definition) is 2. The number of methoxy groups -OCH3 is 1. The zero-order chi connectivity index (χ0) is 12.7. The molecule has 1 amide bonds. The average Bonchev–Trinajstić information content (AvgIpc) is 2.29. The van der Waals surface area contributed by atoms with Gasteiger partial charge in [-0.2, -0.15) is 12.6 Å². The van der Waals surface area contributed by atoms with Crippen molar-refractivity contribution >= 4 is 18.5 Å². The van der Waals surface area contributed by atoms with E-state index in [-0.39, 0.29) is 17.5 Å². The van der Waals surface area contributed by atoms with E-state index in [0.29, 0.717) is 25.1 Å². The molecule has 1 aromatic rings. The molecule has 1 aromatic carbocycles. The molecule has 0 fully saturated rings. The zero-order valence-corrected chi connectivity index (χ0v) is 10.6. The molecule has 0 saturated heterocycles. The highest BCUT2D eigenvalue weighted by atomic mass is 32.1. The third-order valence-corrected chi connectivity index (χ3v) is 2.51. The van der Waals surface area contributed by atoms with Gasteiger partial charge in [-0.25, -0.2) is 4.39 Å². The van der Waals surface area contributed by atoms with Crippen LogP contribution >= 0.6 is 12.6 Å². The van der Waals surface area contributed by atoms with Crippen molar-refractivity contribution in [3.05, 3.63) is 29.6 Å². The van der Waals surface area contributed by atoms with Gasteiger partial charge in [0.15, 0.2) is 11.6 Å². The number of benzene rings is 1. The number of nitrogens with one attached hydrogen (secondary N) is 1. The molecule has 0 saturated carbocycles. The number of hydrogen-bond acceptors (Lipinski definition) is 3. The minimum atomic E-state index is -0.383. The highest BCUT2D eigenvalue weighted by Crippen LogP contribution is 2.17. The van der Waals surface area contributed by atoms with Crippen LogP contribution in [0, 0.1) is 5.82 Å². The first kappa shape index (κ1) is 13.8. The van der Waals surface area contributed by atoms with Crippen LogP contribution in [0.1, 0.15) is 12.0 Å². The van der Waals surface area contributed by atoms with Crippen molar-refractivity contribution in [2.75, 3.05) is 19.4 Å². The molecule has 17 heavy (non-hydrogen) atoms. The predicted octanol–water partition coefficient (Wildman–Crippen LogP) is 1.81. The van der Waals surface area contributed by atoms with Gasteiger partial charge in [0, 0.05) is 13.0 Å². The summed E-state index contributed by atoms with van der Waals surface area (Å²) in [4.78, 5) is 11.1. The van der Waals surface area contributed by atoms with Crippen LogP contribution in [0.15, 0.2) is 18.2 Å². The standard InChI is InChI=1S/C12H16FNO2S/c1-16-11-3-2-9(8-10(11)13)4-6-14-12(15)5-7-17/h2-3,8,17H,4-7H2,1H3,(H,14,15). The maximum Gasteiger partial charge on any atom is 0.220 e. The van der Waals surface area contributed by atoms with Crippen LogP contribution < -0.4 is 10.1 Å². The number of thiol groups is 1. The molecule has 0 bridgehead atoms. The lowest BCUT2D eigenvalue weighted by molar-refractivity contribution is -0.120. The van der Waals surface area contributed by atoms with Crippen LogP contribution in [0.3, 0.4) is 0 Å². The van der Waals surface area contributed by atoms with Crippen molar-refractivity contribution in [1.29, 1.82) is 0 Å². The number of ether oxygens (including phenoxy) is 1. The van der Waals surface area contributed by atoms with Crippen LogP contribution in [-0.2, 0) is 11.2 Å². The molecule has 0 aliphatic heterocycles. The molecular formula is C12H16FNO2S. The van der Waals surface area contributed by atoms with Crippen LogP contribution in [0.2, 0.25) is 0 Å². The Morgan fingerprint density at radius 3 is 2.88 bits per heavy atom. The van der Waals surface area contributed by atoms with Gasteiger partial charge >= 0.3 is 0 Å². The van der Waals surface area contributed by atoms with Crippen LogP contribution in [0.25, 0.3) is 0 Å². The molecule has 0 aliphatic rings. The Hall–Kier alpha value is -1.23. The summed E-state index contributed by atoms with van der Waals surface area (Å²) in [5.41, 5.74) is 0.828. The largest absolute Gasteiger partial charge is 0.494 e. The minimum Gasteiger partial charge on any atom is -0.494 e. The van der Waals surface area contributed by atoms with Gasteiger partial charge in [-0.1, -0.05) is 6.07 Å². The van der Waals surface area contributed by atoms with E-state index in [1.807, 2.05) is 0 Å². The first-order valence-electron chi connectivity index (χ1n) is 5.37. The lowest BCUT2D eigenvalue weighted by Crippen LogP contribution is -2.25. The molecule has 1 rings (SSSR count). The summed E-state index contributed by atoms with van der Waals surface area (Å²) in [6.07, 6.45) is 0.999. The SMILES string of the molecule is COc1ccc(CCNC(=O)CCS)cc1F. The lowest BCUT2D eigenvalue weighted by Gasteiger charge is -2.06. The molecule has 0 aromatic heterocycles. The van der Waals surface area contributed by atoms with Crippen molar-refractivity contribution in [3.63, 3.8) is 0 Å². The average molecular weight is 257 g/mol. The third kappa shape index (κ3) is 4.65. The second-order valence-electron chi connectivity index (χ2n) is 3.54. The molecule has 3 nitrogen and oxygen atoms in total. The van der Waals surface area contributed by atoms with E-state index in [1.165, 1.54) is 13.2 Å². The topological polar surface area (TPSA) is 38.3 Å². The van der Waals surface area contributed by atoms with Crippen molar-refractivity contribution < 1.29 is 13.9 Å². The summed E-state index contributed by atoms with van der Waals surface area (Å²) in [6, 6.07) is 4.79. The summed E-state index contributed by atoms with van der Waals surface area (Å²) < 4.78 is 18.2. The van der Waals surface area contributed by atoms with Gasteiger partial charge in [0.25, 0.3) is 0 Å². The Kier molecular flexibility index (Phi) is 5.83. The maximum atomic E-state index is 13.3. The van der Waals surface area contributed by atoms with E-state index < -0.39 is 0 Å². The Morgan fingerprint density at radius 2 is 2.29 bits per heavy atom. The molecule has 0 unspecified atom stereocenters. The second kappa shape index (κ2) is 7.17. The summed E-state index contributed by atoms with van der Waals surface area (Å²) in [5.74, 6) is 0.344. The number of rotatable bonds is 6. The van der Waals surface area contributed by atoms with Crippen molar-refractivity contribution in [1.82, 2.24) is 5.32 Å². The smallest absolute Gasteiger partial charge is 0.220 e. The maximum absolute atomic E-state index is 13.3. The first-order chi connectivity index (χ1) is 8.17. The van der Waals surface area contributed by atoms with Crippen LogP contribution in [0.4, 0.5) is 4.39 Å². The monoisotopic (exact) mass is 257 g/mol. The third-order valence-electron chi connectivity index (χ3n) is 2.29. The molecule has 94 valence electrons. The van der Waals surface area contributed by atoms with Gasteiger partial charge in [-0.05, 0) is 29.9 Å². The molecule has 0 spiro atoms. The normalized spacial score (nSPS) is 10.1. The van der Waals surface area contributed by atoms with E-state index in [0.717, 1.165) is 5.56 Å². The molecule has 0 radical (unpaired) electrons. The summed E-state index contributed by atoms with van der Waals surface area (Å²) >= 11 is 3.96. The van der Waals surface area contributed by atoms with Gasteiger partial charge in [0.1, 0.15) is 0 Å². The van der Waals surface area contributed by atoms with Gasteiger partial charge in [0.05, 0.1) is 7.11 Å². The predicted molar refractivity (Wildman–Crippen MR) is 68.1 cm³/mol. The molecule has 1 N–H and O–H groups in total. The fraction of sp³-hybridized carbons (Fsp3) is 0.417. The number of amides is 1. The van der Waals surface area contributed by atoms with E-state index in [1.54, 1.807) is 12.1 Å². The fourth-order valence-corrected chi connectivity index (χ4v) is 1.60. The molecular weight excluding hydrogens is 241 g/mol. The summed E-state index contributed by atoms with van der Waals surface area (Å²) in [5, 5.41) is 2.74. The Bertz CT molecular complexity index is 385. The second-order valence-corrected chi connectivity index (χ2v) is 3.99. The van der Waals surface area contributed by atoms with Gasteiger partial charge in [0.2, 0.25) is 5.91 Å².